The molecule has 0 bridgehead atoms. The maximum absolute atomic E-state index is 5.76. The number of nitrogens with two attached hydrogens (primary N) is 1. The van der Waals surface area contributed by atoms with Gasteiger partial charge in [-0.05, 0) is 19.8 Å². The zero-order chi connectivity index (χ0) is 12.5. The van der Waals surface area contributed by atoms with Gasteiger partial charge in [-0.3, -0.25) is 4.99 Å². The second-order valence-corrected chi connectivity index (χ2v) is 4.20. The Morgan fingerprint density at radius 2 is 2.53 bits per heavy atom. The molecule has 0 saturated heterocycles. The summed E-state index contributed by atoms with van der Waals surface area (Å²) in [5, 5.41) is 3.08. The summed E-state index contributed by atoms with van der Waals surface area (Å²) in [5.41, 5.74) is 7.17. The van der Waals surface area contributed by atoms with E-state index in [2.05, 4.69) is 16.4 Å². The summed E-state index contributed by atoms with van der Waals surface area (Å²) < 4.78 is 10.3. The summed E-state index contributed by atoms with van der Waals surface area (Å²) in [4.78, 5) is 4.29. The number of nitrogens with one attached hydrogen (secondary N) is 1. The van der Waals surface area contributed by atoms with E-state index in [0.717, 1.165) is 32.6 Å². The topological polar surface area (TPSA) is 68.9 Å². The smallest absolute Gasteiger partial charge is 0.188 e. The third kappa shape index (κ3) is 6.28. The highest BCUT2D eigenvalue weighted by Gasteiger charge is 2.04. The quantitative estimate of drug-likeness (QED) is 0.407. The first-order chi connectivity index (χ1) is 8.22. The average molecular weight is 241 g/mol. The fourth-order valence-electron chi connectivity index (χ4n) is 1.70. The van der Waals surface area contributed by atoms with Crippen LogP contribution >= 0.6 is 0 Å². The third-order valence-corrected chi connectivity index (χ3v) is 2.58. The van der Waals surface area contributed by atoms with E-state index in [4.69, 9.17) is 15.2 Å². The van der Waals surface area contributed by atoms with E-state index >= 15 is 0 Å². The minimum atomic E-state index is 0.186. The van der Waals surface area contributed by atoms with Gasteiger partial charge in [0, 0.05) is 19.7 Å². The summed E-state index contributed by atoms with van der Waals surface area (Å²) in [7, 11) is 1.67. The predicted octanol–water partition coefficient (Wildman–Crippen LogP) is 0.662. The number of nitrogens with zero attached hydrogens (tertiary/aromatic N) is 1. The first-order valence-corrected chi connectivity index (χ1v) is 6.03. The molecule has 1 atom stereocenters. The molecule has 0 aliphatic carbocycles. The number of rotatable bonds is 6. The lowest BCUT2D eigenvalue weighted by Crippen LogP contribution is -2.40. The fourth-order valence-corrected chi connectivity index (χ4v) is 1.70. The predicted molar refractivity (Wildman–Crippen MR) is 69.1 cm³/mol. The number of hydrogen-bond donors (Lipinski definition) is 2. The molecule has 0 radical (unpaired) electrons. The minimum absolute atomic E-state index is 0.186. The molecule has 98 valence electrons. The van der Waals surface area contributed by atoms with Crippen LogP contribution < -0.4 is 11.1 Å². The van der Waals surface area contributed by atoms with E-state index in [9.17, 15) is 0 Å². The number of guanidine groups is 1. The first kappa shape index (κ1) is 14.0. The monoisotopic (exact) mass is 241 g/mol. The standard InChI is InChI=1S/C12H23N3O2/c1-10(9-16-2)15-12(13)14-6-3-11-4-7-17-8-5-11/h4,10H,3,5-9H2,1-2H3,(H3,13,14,15). The molecule has 0 aromatic carbocycles. The van der Waals surface area contributed by atoms with Gasteiger partial charge in [0.1, 0.15) is 0 Å². The van der Waals surface area contributed by atoms with Gasteiger partial charge >= 0.3 is 0 Å². The van der Waals surface area contributed by atoms with Gasteiger partial charge in [-0.1, -0.05) is 11.6 Å². The van der Waals surface area contributed by atoms with Crippen molar-refractivity contribution in [3.8, 4) is 0 Å². The normalized spacial score (nSPS) is 18.7. The Kier molecular flexibility index (Phi) is 6.65. The molecule has 17 heavy (non-hydrogen) atoms. The average Bonchev–Trinajstić information content (AvgIpc) is 2.30. The van der Waals surface area contributed by atoms with Crippen molar-refractivity contribution < 1.29 is 9.47 Å². The van der Waals surface area contributed by atoms with Gasteiger partial charge in [-0.2, -0.15) is 0 Å². The zero-order valence-corrected chi connectivity index (χ0v) is 10.7. The maximum atomic E-state index is 5.76. The molecule has 3 N–H and O–H groups in total. The van der Waals surface area contributed by atoms with Crippen molar-refractivity contribution in [2.45, 2.75) is 25.8 Å². The summed E-state index contributed by atoms with van der Waals surface area (Å²) in [5.74, 6) is 0.488. The van der Waals surface area contributed by atoms with E-state index in [1.807, 2.05) is 6.92 Å². The summed E-state index contributed by atoms with van der Waals surface area (Å²) >= 11 is 0. The Labute approximate surface area is 103 Å². The largest absolute Gasteiger partial charge is 0.383 e. The Balaban J connectivity index is 2.20. The van der Waals surface area contributed by atoms with Crippen LogP contribution in [0.3, 0.4) is 0 Å². The van der Waals surface area contributed by atoms with Crippen molar-refractivity contribution >= 4 is 5.96 Å². The van der Waals surface area contributed by atoms with Gasteiger partial charge in [-0.15, -0.1) is 0 Å². The fraction of sp³-hybridized carbons (Fsp3) is 0.750. The van der Waals surface area contributed by atoms with Crippen molar-refractivity contribution in [3.05, 3.63) is 11.6 Å². The number of ether oxygens (including phenoxy) is 2. The molecule has 1 unspecified atom stereocenters. The van der Waals surface area contributed by atoms with Crippen molar-refractivity contribution in [1.82, 2.24) is 5.32 Å². The van der Waals surface area contributed by atoms with E-state index in [0.29, 0.717) is 12.6 Å². The van der Waals surface area contributed by atoms with Crippen LogP contribution in [0.25, 0.3) is 0 Å². The second kappa shape index (κ2) is 8.08. The second-order valence-electron chi connectivity index (χ2n) is 4.20. The Bertz CT molecular complexity index is 277. The summed E-state index contributed by atoms with van der Waals surface area (Å²) in [6.07, 6.45) is 4.11. The highest BCUT2D eigenvalue weighted by molar-refractivity contribution is 5.78. The molecular weight excluding hydrogens is 218 g/mol. The van der Waals surface area contributed by atoms with Crippen LogP contribution in [0, 0.1) is 0 Å². The van der Waals surface area contributed by atoms with Gasteiger partial charge in [-0.25, -0.2) is 0 Å². The van der Waals surface area contributed by atoms with Gasteiger partial charge in [0.25, 0.3) is 0 Å². The van der Waals surface area contributed by atoms with Crippen molar-refractivity contribution in [1.29, 1.82) is 0 Å². The third-order valence-electron chi connectivity index (χ3n) is 2.58. The van der Waals surface area contributed by atoms with Crippen LogP contribution in [0.1, 0.15) is 19.8 Å². The summed E-state index contributed by atoms with van der Waals surface area (Å²) in [6.45, 7) is 4.92. The van der Waals surface area contributed by atoms with Gasteiger partial charge < -0.3 is 20.5 Å². The van der Waals surface area contributed by atoms with Crippen LogP contribution in [-0.4, -0.2) is 45.5 Å². The minimum Gasteiger partial charge on any atom is -0.383 e. The highest BCUT2D eigenvalue weighted by atomic mass is 16.5. The maximum Gasteiger partial charge on any atom is 0.188 e. The highest BCUT2D eigenvalue weighted by Crippen LogP contribution is 2.11. The molecule has 1 heterocycles. The molecule has 0 spiro atoms. The van der Waals surface area contributed by atoms with E-state index in [1.54, 1.807) is 7.11 Å². The molecule has 1 aliphatic heterocycles. The molecule has 5 heteroatoms. The molecule has 0 amide bonds. The van der Waals surface area contributed by atoms with Crippen LogP contribution in [0.5, 0.6) is 0 Å². The van der Waals surface area contributed by atoms with E-state index < -0.39 is 0 Å². The van der Waals surface area contributed by atoms with E-state index in [-0.39, 0.29) is 6.04 Å². The van der Waals surface area contributed by atoms with E-state index in [1.165, 1.54) is 5.57 Å². The molecule has 1 aliphatic rings. The zero-order valence-electron chi connectivity index (χ0n) is 10.7. The lowest BCUT2D eigenvalue weighted by molar-refractivity contribution is 0.153. The molecule has 0 aromatic rings. The van der Waals surface area contributed by atoms with Crippen molar-refractivity contribution in [3.63, 3.8) is 0 Å². The molecule has 0 aromatic heterocycles. The lowest BCUT2D eigenvalue weighted by atomic mass is 10.1. The first-order valence-electron chi connectivity index (χ1n) is 6.03. The molecular formula is C12H23N3O2. The van der Waals surface area contributed by atoms with Crippen LogP contribution in [0.15, 0.2) is 16.6 Å². The molecule has 0 saturated carbocycles. The van der Waals surface area contributed by atoms with Crippen molar-refractivity contribution in [2.24, 2.45) is 10.7 Å². The Hall–Kier alpha value is -1.07. The molecule has 5 nitrogen and oxygen atoms in total. The van der Waals surface area contributed by atoms with Crippen LogP contribution in [-0.2, 0) is 9.47 Å². The van der Waals surface area contributed by atoms with Gasteiger partial charge in [0.2, 0.25) is 0 Å². The summed E-state index contributed by atoms with van der Waals surface area (Å²) in [6, 6.07) is 0.186. The number of methoxy groups -OCH3 is 1. The SMILES string of the molecule is COCC(C)NC(N)=NCCC1=CCOCC1. The number of aliphatic imine (C=N–C) groups is 1. The lowest BCUT2D eigenvalue weighted by Gasteiger charge is -2.14. The number of hydrogen-bond acceptors (Lipinski definition) is 3. The van der Waals surface area contributed by atoms with Gasteiger partial charge in [0.05, 0.1) is 19.8 Å². The molecule has 0 fully saturated rings. The van der Waals surface area contributed by atoms with Crippen molar-refractivity contribution in [2.75, 3.05) is 33.5 Å². The van der Waals surface area contributed by atoms with Crippen LogP contribution in [0.4, 0.5) is 0 Å². The Morgan fingerprint density at radius 1 is 1.71 bits per heavy atom. The van der Waals surface area contributed by atoms with Crippen LogP contribution in [0.2, 0.25) is 0 Å². The van der Waals surface area contributed by atoms with Gasteiger partial charge in [0.15, 0.2) is 5.96 Å². The Morgan fingerprint density at radius 3 is 3.18 bits per heavy atom. The molecule has 1 rings (SSSR count).